The third kappa shape index (κ3) is 3.05. The van der Waals surface area contributed by atoms with Crippen molar-refractivity contribution in [2.24, 2.45) is 0 Å². The van der Waals surface area contributed by atoms with Crippen LogP contribution in [-0.4, -0.2) is 35.2 Å². The third-order valence-corrected chi connectivity index (χ3v) is 3.56. The number of rotatable bonds is 5. The lowest BCUT2D eigenvalue weighted by Crippen LogP contribution is -2.00. The van der Waals surface area contributed by atoms with E-state index in [4.69, 9.17) is 11.6 Å². The average Bonchev–Trinajstić information content (AvgIpc) is 3.03. The van der Waals surface area contributed by atoms with Crippen molar-refractivity contribution < 1.29 is 0 Å². The van der Waals surface area contributed by atoms with E-state index in [1.807, 2.05) is 36.7 Å². The molecule has 0 saturated carbocycles. The number of fused-ring (bicyclic) bond motifs is 1. The lowest BCUT2D eigenvalue weighted by atomic mass is 10.3. The summed E-state index contributed by atoms with van der Waals surface area (Å²) in [6, 6.07) is 2.04. The second-order valence-electron chi connectivity index (χ2n) is 5.14. The molecule has 7 heteroatoms. The molecule has 0 saturated heterocycles. The van der Waals surface area contributed by atoms with Crippen LogP contribution in [0.5, 0.6) is 0 Å². The first-order valence-corrected chi connectivity index (χ1v) is 7.46. The minimum atomic E-state index is 0.593. The fraction of sp³-hybridized carbons (Fsp3) is 0.429. The van der Waals surface area contributed by atoms with Gasteiger partial charge in [-0.1, -0.05) is 5.21 Å². The van der Waals surface area contributed by atoms with Gasteiger partial charge in [-0.15, -0.1) is 16.7 Å². The summed E-state index contributed by atoms with van der Waals surface area (Å²) in [4.78, 5) is 8.98. The summed E-state index contributed by atoms with van der Waals surface area (Å²) in [6.07, 6.45) is 5.71. The maximum absolute atomic E-state index is 5.69. The summed E-state index contributed by atoms with van der Waals surface area (Å²) in [7, 11) is 0. The molecule has 0 N–H and O–H groups in total. The normalized spacial score (nSPS) is 11.4. The van der Waals surface area contributed by atoms with E-state index in [-0.39, 0.29) is 0 Å². The van der Waals surface area contributed by atoms with E-state index in [2.05, 4.69) is 20.3 Å². The molecule has 0 amide bonds. The molecule has 0 fully saturated rings. The molecule has 0 radical (unpaired) electrons. The molecule has 0 aliphatic rings. The first kappa shape index (κ1) is 14.0. The summed E-state index contributed by atoms with van der Waals surface area (Å²) in [6.45, 7) is 4.62. The van der Waals surface area contributed by atoms with Gasteiger partial charge in [-0.25, -0.2) is 14.6 Å². The highest BCUT2D eigenvalue weighted by molar-refractivity contribution is 6.17. The van der Waals surface area contributed by atoms with E-state index in [0.29, 0.717) is 12.4 Å². The van der Waals surface area contributed by atoms with Crippen molar-refractivity contribution >= 4 is 17.4 Å². The molecule has 3 heterocycles. The summed E-state index contributed by atoms with van der Waals surface area (Å²) >= 11 is 5.69. The van der Waals surface area contributed by atoms with Crippen molar-refractivity contribution in [3.8, 4) is 0 Å². The van der Waals surface area contributed by atoms with Gasteiger partial charge >= 0.3 is 0 Å². The predicted octanol–water partition coefficient (Wildman–Crippen LogP) is 2.16. The standard InChI is InChI=1S/C14H17ClN6/c1-10-6-11(2)21-9-13(17-14(21)16-10)8-20-7-12(18-19-20)4-3-5-15/h6-7,9H,3-5,8H2,1-2H3. The van der Waals surface area contributed by atoms with Crippen molar-refractivity contribution in [2.75, 3.05) is 5.88 Å². The molecule has 0 atom stereocenters. The Labute approximate surface area is 127 Å². The zero-order valence-electron chi connectivity index (χ0n) is 12.1. The summed E-state index contributed by atoms with van der Waals surface area (Å²) < 4.78 is 3.79. The minimum absolute atomic E-state index is 0.593. The molecule has 3 aromatic rings. The largest absolute Gasteiger partial charge is 0.288 e. The molecule has 0 spiro atoms. The molecule has 0 aromatic carbocycles. The third-order valence-electron chi connectivity index (χ3n) is 3.29. The van der Waals surface area contributed by atoms with Gasteiger partial charge in [-0.3, -0.25) is 4.40 Å². The van der Waals surface area contributed by atoms with Crippen LogP contribution in [0.3, 0.4) is 0 Å². The Kier molecular flexibility index (Phi) is 3.88. The van der Waals surface area contributed by atoms with E-state index in [1.54, 1.807) is 4.68 Å². The number of hydrogen-bond acceptors (Lipinski definition) is 4. The highest BCUT2D eigenvalue weighted by atomic mass is 35.5. The van der Waals surface area contributed by atoms with Crippen LogP contribution in [0.15, 0.2) is 18.5 Å². The first-order chi connectivity index (χ1) is 10.2. The van der Waals surface area contributed by atoms with Crippen LogP contribution in [0, 0.1) is 13.8 Å². The first-order valence-electron chi connectivity index (χ1n) is 6.93. The van der Waals surface area contributed by atoms with Crippen LogP contribution in [0.25, 0.3) is 5.78 Å². The molecule has 0 aliphatic carbocycles. The number of alkyl halides is 1. The van der Waals surface area contributed by atoms with Gasteiger partial charge in [0.2, 0.25) is 5.78 Å². The Hall–Kier alpha value is -1.95. The maximum Gasteiger partial charge on any atom is 0.234 e. The van der Waals surface area contributed by atoms with Crippen LogP contribution in [0.4, 0.5) is 0 Å². The molecule has 6 nitrogen and oxygen atoms in total. The Morgan fingerprint density at radius 2 is 2.00 bits per heavy atom. The maximum atomic E-state index is 5.69. The van der Waals surface area contributed by atoms with Crippen LogP contribution in [0.1, 0.15) is 29.2 Å². The Bertz CT molecular complexity index is 760. The van der Waals surface area contributed by atoms with E-state index in [0.717, 1.165) is 41.4 Å². The van der Waals surface area contributed by atoms with E-state index >= 15 is 0 Å². The van der Waals surface area contributed by atoms with E-state index < -0.39 is 0 Å². The van der Waals surface area contributed by atoms with Crippen molar-refractivity contribution in [2.45, 2.75) is 33.2 Å². The minimum Gasteiger partial charge on any atom is -0.288 e. The smallest absolute Gasteiger partial charge is 0.234 e. The fourth-order valence-corrected chi connectivity index (χ4v) is 2.47. The van der Waals surface area contributed by atoms with Crippen LogP contribution < -0.4 is 0 Å². The van der Waals surface area contributed by atoms with Crippen molar-refractivity contribution in [3.05, 3.63) is 41.2 Å². The SMILES string of the molecule is Cc1cc(C)n2cc(Cn3cc(CCCCl)nn3)nc2n1. The monoisotopic (exact) mass is 304 g/mol. The number of imidazole rings is 1. The number of nitrogens with zero attached hydrogens (tertiary/aromatic N) is 6. The molecular formula is C14H17ClN6. The van der Waals surface area contributed by atoms with Gasteiger partial charge < -0.3 is 0 Å². The Balaban J connectivity index is 1.81. The number of hydrogen-bond donors (Lipinski definition) is 0. The fourth-order valence-electron chi connectivity index (χ4n) is 2.34. The zero-order chi connectivity index (χ0) is 14.8. The molecule has 0 aliphatic heterocycles. The number of halogens is 1. The zero-order valence-corrected chi connectivity index (χ0v) is 12.9. The summed E-state index contributed by atoms with van der Waals surface area (Å²) in [5.41, 5.74) is 3.98. The predicted molar refractivity (Wildman–Crippen MR) is 80.6 cm³/mol. The van der Waals surface area contributed by atoms with E-state index in [9.17, 15) is 0 Å². The highest BCUT2D eigenvalue weighted by Crippen LogP contribution is 2.09. The van der Waals surface area contributed by atoms with Gasteiger partial charge in [0.05, 0.1) is 17.9 Å². The lowest BCUT2D eigenvalue weighted by molar-refractivity contribution is 0.640. The molecule has 3 rings (SSSR count). The van der Waals surface area contributed by atoms with Crippen molar-refractivity contribution in [1.82, 2.24) is 29.4 Å². The molecule has 110 valence electrons. The van der Waals surface area contributed by atoms with Gasteiger partial charge in [0, 0.05) is 29.7 Å². The van der Waals surface area contributed by atoms with Gasteiger partial charge in [-0.2, -0.15) is 0 Å². The molecule has 0 bridgehead atoms. The van der Waals surface area contributed by atoms with Gasteiger partial charge in [-0.05, 0) is 32.8 Å². The quantitative estimate of drug-likeness (QED) is 0.678. The van der Waals surface area contributed by atoms with Crippen molar-refractivity contribution in [3.63, 3.8) is 0 Å². The number of aryl methyl sites for hydroxylation is 3. The molecular weight excluding hydrogens is 288 g/mol. The van der Waals surface area contributed by atoms with E-state index in [1.165, 1.54) is 0 Å². The Morgan fingerprint density at radius 1 is 1.14 bits per heavy atom. The summed E-state index contributed by atoms with van der Waals surface area (Å²) in [5, 5.41) is 8.27. The second-order valence-corrected chi connectivity index (χ2v) is 5.52. The van der Waals surface area contributed by atoms with Crippen LogP contribution in [-0.2, 0) is 13.0 Å². The van der Waals surface area contributed by atoms with Gasteiger partial charge in [0.25, 0.3) is 0 Å². The molecule has 0 unspecified atom stereocenters. The van der Waals surface area contributed by atoms with Gasteiger partial charge in [0.1, 0.15) is 0 Å². The highest BCUT2D eigenvalue weighted by Gasteiger charge is 2.08. The van der Waals surface area contributed by atoms with Crippen molar-refractivity contribution in [1.29, 1.82) is 0 Å². The lowest BCUT2D eigenvalue weighted by Gasteiger charge is -1.98. The second kappa shape index (κ2) is 5.81. The Morgan fingerprint density at radius 3 is 2.81 bits per heavy atom. The molecule has 21 heavy (non-hydrogen) atoms. The van der Waals surface area contributed by atoms with Gasteiger partial charge in [0.15, 0.2) is 0 Å². The van der Waals surface area contributed by atoms with Crippen LogP contribution in [0.2, 0.25) is 0 Å². The summed E-state index contributed by atoms with van der Waals surface area (Å²) in [5.74, 6) is 1.37. The topological polar surface area (TPSA) is 60.9 Å². The average molecular weight is 305 g/mol. The number of aromatic nitrogens is 6. The molecule has 3 aromatic heterocycles. The van der Waals surface area contributed by atoms with Crippen LogP contribution >= 0.6 is 11.6 Å².